The number of nitrogens with zero attached hydrogens (tertiary/aromatic N) is 1. The number of amides is 1. The molecular formula is C12H14BrFN2O2. The number of aromatic nitrogens is 1. The van der Waals surface area contributed by atoms with Gasteiger partial charge in [-0.2, -0.15) is 0 Å². The Labute approximate surface area is 113 Å². The molecule has 0 bridgehead atoms. The van der Waals surface area contributed by atoms with Crippen LogP contribution in [0.25, 0.3) is 0 Å². The standard InChI is InChI=1S/C12H14BrFN2O2/c13-9-6-15-7-10(14)12(9)16-11(17)5-8-1-3-18-4-2-8/h6-8H,1-5H2,(H,15,16,17). The maximum atomic E-state index is 13.5. The van der Waals surface area contributed by atoms with Gasteiger partial charge in [-0.15, -0.1) is 0 Å². The molecule has 1 aliphatic rings. The van der Waals surface area contributed by atoms with Gasteiger partial charge in [0.1, 0.15) is 0 Å². The first kappa shape index (κ1) is 13.4. The fourth-order valence-corrected chi connectivity index (χ4v) is 2.34. The van der Waals surface area contributed by atoms with Crippen molar-refractivity contribution in [3.63, 3.8) is 0 Å². The van der Waals surface area contributed by atoms with Gasteiger partial charge in [0.2, 0.25) is 5.91 Å². The van der Waals surface area contributed by atoms with Gasteiger partial charge in [0.15, 0.2) is 5.82 Å². The van der Waals surface area contributed by atoms with E-state index in [0.29, 0.717) is 30.0 Å². The van der Waals surface area contributed by atoms with E-state index in [0.717, 1.165) is 19.0 Å². The molecule has 6 heteroatoms. The Kier molecular flexibility index (Phi) is 4.66. The van der Waals surface area contributed by atoms with Gasteiger partial charge in [-0.05, 0) is 34.7 Å². The molecule has 1 aromatic heterocycles. The van der Waals surface area contributed by atoms with Gasteiger partial charge < -0.3 is 10.1 Å². The normalized spacial score (nSPS) is 16.6. The first-order valence-electron chi connectivity index (χ1n) is 5.83. The van der Waals surface area contributed by atoms with E-state index < -0.39 is 5.82 Å². The Morgan fingerprint density at radius 1 is 1.50 bits per heavy atom. The van der Waals surface area contributed by atoms with E-state index in [9.17, 15) is 9.18 Å². The molecule has 1 aromatic rings. The molecule has 1 amide bonds. The Bertz CT molecular complexity index is 416. The molecular weight excluding hydrogens is 303 g/mol. The largest absolute Gasteiger partial charge is 0.381 e. The molecule has 1 saturated heterocycles. The number of hydrogen-bond acceptors (Lipinski definition) is 3. The van der Waals surface area contributed by atoms with E-state index in [1.807, 2.05) is 0 Å². The summed E-state index contributed by atoms with van der Waals surface area (Å²) < 4.78 is 19.1. The van der Waals surface area contributed by atoms with Gasteiger partial charge in [-0.1, -0.05) is 0 Å². The minimum atomic E-state index is -0.537. The van der Waals surface area contributed by atoms with Crippen LogP contribution >= 0.6 is 15.9 Å². The Hall–Kier alpha value is -1.01. The van der Waals surface area contributed by atoms with Crippen LogP contribution in [0.15, 0.2) is 16.9 Å². The second-order valence-corrected chi connectivity index (χ2v) is 5.14. The average Bonchev–Trinajstić information content (AvgIpc) is 2.35. The number of rotatable bonds is 3. The molecule has 0 aliphatic carbocycles. The van der Waals surface area contributed by atoms with E-state index in [2.05, 4.69) is 26.2 Å². The summed E-state index contributed by atoms with van der Waals surface area (Å²) in [7, 11) is 0. The summed E-state index contributed by atoms with van der Waals surface area (Å²) in [4.78, 5) is 15.5. The Morgan fingerprint density at radius 3 is 2.89 bits per heavy atom. The molecule has 0 spiro atoms. The SMILES string of the molecule is O=C(CC1CCOCC1)Nc1c(F)cncc1Br. The number of ether oxygens (including phenoxy) is 1. The number of nitrogens with one attached hydrogen (secondary N) is 1. The molecule has 1 fully saturated rings. The summed E-state index contributed by atoms with van der Waals surface area (Å²) in [5.74, 6) is -0.389. The lowest BCUT2D eigenvalue weighted by Gasteiger charge is -2.21. The third-order valence-corrected chi connectivity index (χ3v) is 3.53. The number of anilines is 1. The highest BCUT2D eigenvalue weighted by atomic mass is 79.9. The van der Waals surface area contributed by atoms with Crippen LogP contribution in [-0.2, 0) is 9.53 Å². The lowest BCUT2D eigenvalue weighted by atomic mass is 9.96. The number of carbonyl (C=O) groups is 1. The van der Waals surface area contributed by atoms with Crippen LogP contribution < -0.4 is 5.32 Å². The van der Waals surface area contributed by atoms with Crippen molar-refractivity contribution in [2.24, 2.45) is 5.92 Å². The molecule has 0 aromatic carbocycles. The van der Waals surface area contributed by atoms with Gasteiger partial charge in [0.05, 0.1) is 16.4 Å². The molecule has 0 saturated carbocycles. The highest BCUT2D eigenvalue weighted by Crippen LogP contribution is 2.25. The van der Waals surface area contributed by atoms with Crippen molar-refractivity contribution in [2.75, 3.05) is 18.5 Å². The first-order chi connectivity index (χ1) is 8.66. The molecule has 4 nitrogen and oxygen atoms in total. The molecule has 18 heavy (non-hydrogen) atoms. The van der Waals surface area contributed by atoms with Crippen molar-refractivity contribution in [1.29, 1.82) is 0 Å². The summed E-state index contributed by atoms with van der Waals surface area (Å²) in [6.45, 7) is 1.40. The summed E-state index contributed by atoms with van der Waals surface area (Å²) in [6.07, 6.45) is 4.69. The van der Waals surface area contributed by atoms with Crippen LogP contribution in [0.4, 0.5) is 10.1 Å². The van der Waals surface area contributed by atoms with Crippen molar-refractivity contribution in [3.8, 4) is 0 Å². The van der Waals surface area contributed by atoms with Crippen molar-refractivity contribution in [2.45, 2.75) is 19.3 Å². The fourth-order valence-electron chi connectivity index (χ4n) is 1.93. The van der Waals surface area contributed by atoms with Gasteiger partial charge in [-0.25, -0.2) is 4.39 Å². The zero-order valence-corrected chi connectivity index (χ0v) is 11.4. The molecule has 2 heterocycles. The fraction of sp³-hybridized carbons (Fsp3) is 0.500. The summed E-state index contributed by atoms with van der Waals surface area (Å²) in [6, 6.07) is 0. The van der Waals surface area contributed by atoms with E-state index >= 15 is 0 Å². The van der Waals surface area contributed by atoms with Crippen molar-refractivity contribution >= 4 is 27.5 Å². The minimum Gasteiger partial charge on any atom is -0.381 e. The zero-order chi connectivity index (χ0) is 13.0. The highest BCUT2D eigenvalue weighted by molar-refractivity contribution is 9.10. The van der Waals surface area contributed by atoms with Crippen LogP contribution in [0.5, 0.6) is 0 Å². The van der Waals surface area contributed by atoms with Crippen LogP contribution in [0.2, 0.25) is 0 Å². The summed E-state index contributed by atoms with van der Waals surface area (Å²) >= 11 is 3.16. The van der Waals surface area contributed by atoms with Gasteiger partial charge >= 0.3 is 0 Å². The smallest absolute Gasteiger partial charge is 0.224 e. The molecule has 0 atom stereocenters. The van der Waals surface area contributed by atoms with Crippen molar-refractivity contribution in [1.82, 2.24) is 4.98 Å². The average molecular weight is 317 g/mol. The lowest BCUT2D eigenvalue weighted by molar-refractivity contribution is -0.117. The van der Waals surface area contributed by atoms with Gasteiger partial charge in [0.25, 0.3) is 0 Å². The molecule has 98 valence electrons. The maximum Gasteiger partial charge on any atom is 0.224 e. The number of carbonyl (C=O) groups excluding carboxylic acids is 1. The second kappa shape index (κ2) is 6.24. The van der Waals surface area contributed by atoms with Crippen molar-refractivity contribution in [3.05, 3.63) is 22.7 Å². The van der Waals surface area contributed by atoms with Gasteiger partial charge in [-0.3, -0.25) is 9.78 Å². The predicted molar refractivity (Wildman–Crippen MR) is 68.7 cm³/mol. The van der Waals surface area contributed by atoms with Crippen LogP contribution in [0, 0.1) is 11.7 Å². The minimum absolute atomic E-state index is 0.155. The van der Waals surface area contributed by atoms with Crippen LogP contribution in [0.3, 0.4) is 0 Å². The topological polar surface area (TPSA) is 51.2 Å². The molecule has 1 N–H and O–H groups in total. The maximum absolute atomic E-state index is 13.5. The molecule has 2 rings (SSSR count). The van der Waals surface area contributed by atoms with Crippen LogP contribution in [0.1, 0.15) is 19.3 Å². The number of pyridine rings is 1. The number of halogens is 2. The van der Waals surface area contributed by atoms with Crippen molar-refractivity contribution < 1.29 is 13.9 Å². The summed E-state index contributed by atoms with van der Waals surface area (Å²) in [5.41, 5.74) is 0.155. The third-order valence-electron chi connectivity index (χ3n) is 2.93. The monoisotopic (exact) mass is 316 g/mol. The Morgan fingerprint density at radius 2 is 2.22 bits per heavy atom. The molecule has 1 aliphatic heterocycles. The Balaban J connectivity index is 1.94. The van der Waals surface area contributed by atoms with E-state index in [4.69, 9.17) is 4.74 Å². The predicted octanol–water partition coefficient (Wildman–Crippen LogP) is 2.74. The summed E-state index contributed by atoms with van der Waals surface area (Å²) in [5, 5.41) is 2.58. The number of hydrogen-bond donors (Lipinski definition) is 1. The van der Waals surface area contributed by atoms with E-state index in [1.165, 1.54) is 6.20 Å². The van der Waals surface area contributed by atoms with E-state index in [-0.39, 0.29) is 11.6 Å². The zero-order valence-electron chi connectivity index (χ0n) is 9.79. The van der Waals surface area contributed by atoms with E-state index in [1.54, 1.807) is 0 Å². The first-order valence-corrected chi connectivity index (χ1v) is 6.62. The van der Waals surface area contributed by atoms with Gasteiger partial charge in [0, 0.05) is 25.8 Å². The lowest BCUT2D eigenvalue weighted by Crippen LogP contribution is -2.22. The van der Waals surface area contributed by atoms with Crippen LogP contribution in [-0.4, -0.2) is 24.1 Å². The molecule has 0 radical (unpaired) electrons. The molecule has 0 unspecified atom stereocenters. The third kappa shape index (κ3) is 3.49. The second-order valence-electron chi connectivity index (χ2n) is 4.29. The highest BCUT2D eigenvalue weighted by Gasteiger charge is 2.19. The quantitative estimate of drug-likeness (QED) is 0.932.